The minimum Gasteiger partial charge on any atom is -0.481 e. The Bertz CT molecular complexity index is 750. The van der Waals surface area contributed by atoms with Crippen molar-refractivity contribution in [2.45, 2.75) is 36.6 Å². The maximum atomic E-state index is 10.9. The van der Waals surface area contributed by atoms with Gasteiger partial charge < -0.3 is 25.2 Å². The summed E-state index contributed by atoms with van der Waals surface area (Å²) in [4.78, 5) is 23.8. The number of nitrogens with two attached hydrogens (primary N) is 1. The summed E-state index contributed by atoms with van der Waals surface area (Å²) >= 11 is 1.43. The maximum Gasteiger partial charge on any atom is 0.300 e. The fraction of sp³-hybridized carbons (Fsp3) is 0.571. The molecule has 0 spiro atoms. The quantitative estimate of drug-likeness (QED) is 0.606. The van der Waals surface area contributed by atoms with Gasteiger partial charge in [-0.1, -0.05) is 16.9 Å². The van der Waals surface area contributed by atoms with E-state index in [1.54, 1.807) is 0 Å². The van der Waals surface area contributed by atoms with Gasteiger partial charge in [0, 0.05) is 26.4 Å². The first-order chi connectivity index (χ1) is 12.4. The van der Waals surface area contributed by atoms with Gasteiger partial charge in [-0.05, 0) is 19.4 Å². The molecule has 11 nitrogen and oxygen atoms in total. The fourth-order valence-electron chi connectivity index (χ4n) is 2.42. The number of primary amides is 1. The molecule has 12 heteroatoms. The molecule has 1 amide bonds. The molecule has 0 radical (unpaired) electrons. The Balaban J connectivity index is 0.000000552. The lowest BCUT2D eigenvalue weighted by molar-refractivity contribution is -0.134. The molecule has 1 aliphatic heterocycles. The van der Waals surface area contributed by atoms with E-state index in [4.69, 9.17) is 20.2 Å². The summed E-state index contributed by atoms with van der Waals surface area (Å²) < 4.78 is 6.95. The summed E-state index contributed by atoms with van der Waals surface area (Å²) in [6.45, 7) is 3.08. The van der Waals surface area contributed by atoms with Crippen LogP contribution in [0.25, 0.3) is 0 Å². The van der Waals surface area contributed by atoms with Crippen molar-refractivity contribution in [3.8, 4) is 0 Å². The summed E-state index contributed by atoms with van der Waals surface area (Å²) in [7, 11) is 1.95. The van der Waals surface area contributed by atoms with Gasteiger partial charge in [0.15, 0.2) is 5.16 Å². The highest BCUT2D eigenvalue weighted by Crippen LogP contribution is 2.26. The average molecular weight is 383 g/mol. The highest BCUT2D eigenvalue weighted by atomic mass is 32.2. The van der Waals surface area contributed by atoms with Crippen LogP contribution in [0, 0.1) is 0 Å². The fourth-order valence-corrected chi connectivity index (χ4v) is 3.17. The lowest BCUT2D eigenvalue weighted by Gasteiger charge is -2.21. The van der Waals surface area contributed by atoms with E-state index >= 15 is 0 Å². The highest BCUT2D eigenvalue weighted by Gasteiger charge is 2.22. The smallest absolute Gasteiger partial charge is 0.300 e. The van der Waals surface area contributed by atoms with Crippen LogP contribution < -0.4 is 11.1 Å². The number of hydrogen-bond donors (Lipinski definition) is 3. The van der Waals surface area contributed by atoms with Crippen LogP contribution in [-0.4, -0.2) is 55.0 Å². The van der Waals surface area contributed by atoms with E-state index in [0.29, 0.717) is 17.6 Å². The Morgan fingerprint density at radius 1 is 1.46 bits per heavy atom. The first kappa shape index (κ1) is 19.8. The van der Waals surface area contributed by atoms with Gasteiger partial charge in [-0.25, -0.2) is 0 Å². The minimum atomic E-state index is -0.833. The Hall–Kier alpha value is -2.47. The number of carboxylic acid groups (broad SMARTS) is 1. The van der Waals surface area contributed by atoms with Gasteiger partial charge in [-0.15, -0.1) is 10.2 Å². The van der Waals surface area contributed by atoms with Crippen molar-refractivity contribution in [3.63, 3.8) is 0 Å². The molecule has 142 valence electrons. The topological polar surface area (TPSA) is 162 Å². The van der Waals surface area contributed by atoms with Crippen LogP contribution in [0.4, 0.5) is 0 Å². The second kappa shape index (κ2) is 9.29. The summed E-state index contributed by atoms with van der Waals surface area (Å²) in [6, 6.07) is 0. The van der Waals surface area contributed by atoms with Crippen LogP contribution in [0.5, 0.6) is 0 Å². The van der Waals surface area contributed by atoms with Crippen molar-refractivity contribution in [1.29, 1.82) is 0 Å². The van der Waals surface area contributed by atoms with Crippen LogP contribution >= 0.6 is 11.8 Å². The number of aromatic nitrogens is 5. The molecule has 1 saturated heterocycles. The molecule has 1 atom stereocenters. The molecule has 26 heavy (non-hydrogen) atoms. The molecule has 0 bridgehead atoms. The first-order valence-corrected chi connectivity index (χ1v) is 8.91. The monoisotopic (exact) mass is 383 g/mol. The molecule has 2 aromatic heterocycles. The second-order valence-electron chi connectivity index (χ2n) is 5.63. The summed E-state index contributed by atoms with van der Waals surface area (Å²) in [5.41, 5.74) is 5.08. The number of piperidine rings is 1. The van der Waals surface area contributed by atoms with Crippen molar-refractivity contribution in [3.05, 3.63) is 17.5 Å². The van der Waals surface area contributed by atoms with Crippen LogP contribution in [0.3, 0.4) is 0 Å². The normalized spacial score (nSPS) is 16.6. The van der Waals surface area contributed by atoms with Gasteiger partial charge in [0.05, 0.1) is 5.75 Å². The molecule has 2 aromatic rings. The van der Waals surface area contributed by atoms with E-state index in [1.165, 1.54) is 11.8 Å². The van der Waals surface area contributed by atoms with E-state index in [2.05, 4.69) is 25.7 Å². The number of thioether (sulfide) groups is 1. The van der Waals surface area contributed by atoms with Gasteiger partial charge in [0.2, 0.25) is 5.89 Å². The van der Waals surface area contributed by atoms with E-state index < -0.39 is 11.9 Å². The molecular weight excluding hydrogens is 362 g/mol. The van der Waals surface area contributed by atoms with Gasteiger partial charge in [0.1, 0.15) is 5.82 Å². The van der Waals surface area contributed by atoms with E-state index in [9.17, 15) is 4.79 Å². The van der Waals surface area contributed by atoms with E-state index in [-0.39, 0.29) is 5.82 Å². The third-order valence-electron chi connectivity index (χ3n) is 3.54. The lowest BCUT2D eigenvalue weighted by Crippen LogP contribution is -2.29. The minimum absolute atomic E-state index is 0.109. The van der Waals surface area contributed by atoms with Gasteiger partial charge in [0.25, 0.3) is 17.7 Å². The van der Waals surface area contributed by atoms with Crippen molar-refractivity contribution in [2.24, 2.45) is 12.8 Å². The molecule has 0 aromatic carbocycles. The highest BCUT2D eigenvalue weighted by molar-refractivity contribution is 7.98. The Morgan fingerprint density at radius 2 is 2.19 bits per heavy atom. The summed E-state index contributed by atoms with van der Waals surface area (Å²) in [6.07, 6.45) is 2.27. The van der Waals surface area contributed by atoms with Crippen LogP contribution in [0.15, 0.2) is 9.68 Å². The number of carbonyl (C=O) groups excluding carboxylic acids is 1. The third kappa shape index (κ3) is 5.52. The lowest BCUT2D eigenvalue weighted by atomic mass is 9.99. The second-order valence-corrected chi connectivity index (χ2v) is 6.57. The number of amides is 1. The molecular formula is C14H21N7O4S. The number of carboxylic acids is 1. The zero-order valence-corrected chi connectivity index (χ0v) is 15.3. The van der Waals surface area contributed by atoms with Crippen molar-refractivity contribution in [1.82, 2.24) is 30.2 Å². The van der Waals surface area contributed by atoms with Crippen LogP contribution in [0.1, 0.15) is 48.0 Å². The Morgan fingerprint density at radius 3 is 2.77 bits per heavy atom. The molecule has 3 rings (SSSR count). The maximum absolute atomic E-state index is 10.9. The van der Waals surface area contributed by atoms with E-state index in [0.717, 1.165) is 43.8 Å². The third-order valence-corrected chi connectivity index (χ3v) is 4.55. The standard InChI is InChI=1S/C12H17N7O2S.C2H4O2/c1-19-11(7-3-2-4-14-5-7)16-17-12(19)22-6-8-15-10(9(13)20)18-21-8;1-2(3)4/h7,14H,2-6H2,1H3,(H2,13,20);1H3,(H,3,4). The first-order valence-electron chi connectivity index (χ1n) is 7.93. The average Bonchev–Trinajstić information content (AvgIpc) is 3.20. The number of hydrogen-bond acceptors (Lipinski definition) is 9. The van der Waals surface area contributed by atoms with Crippen molar-refractivity contribution < 1.29 is 19.2 Å². The number of aliphatic carboxylic acids is 1. The predicted molar refractivity (Wildman–Crippen MR) is 91.5 cm³/mol. The Kier molecular flexibility index (Phi) is 7.09. The zero-order chi connectivity index (χ0) is 19.1. The van der Waals surface area contributed by atoms with Gasteiger partial charge in [-0.3, -0.25) is 9.59 Å². The van der Waals surface area contributed by atoms with Crippen molar-refractivity contribution in [2.75, 3.05) is 13.1 Å². The number of nitrogens with zero attached hydrogens (tertiary/aromatic N) is 5. The molecule has 1 aliphatic rings. The van der Waals surface area contributed by atoms with Crippen LogP contribution in [0.2, 0.25) is 0 Å². The van der Waals surface area contributed by atoms with Crippen molar-refractivity contribution >= 4 is 23.6 Å². The Labute approximate surface area is 153 Å². The van der Waals surface area contributed by atoms with Crippen LogP contribution in [-0.2, 0) is 17.6 Å². The predicted octanol–water partition coefficient (Wildman–Crippen LogP) is 0.147. The number of nitrogens with one attached hydrogen (secondary N) is 1. The molecule has 3 heterocycles. The number of rotatable bonds is 5. The van der Waals surface area contributed by atoms with Gasteiger partial charge >= 0.3 is 0 Å². The largest absolute Gasteiger partial charge is 0.481 e. The molecule has 4 N–H and O–H groups in total. The summed E-state index contributed by atoms with van der Waals surface area (Å²) in [5, 5.41) is 23.6. The number of carbonyl (C=O) groups is 2. The summed E-state index contributed by atoms with van der Waals surface area (Å²) in [5.74, 6) is 0.481. The van der Waals surface area contributed by atoms with Gasteiger partial charge in [-0.2, -0.15) is 4.98 Å². The molecule has 1 fully saturated rings. The zero-order valence-electron chi connectivity index (χ0n) is 14.5. The molecule has 0 aliphatic carbocycles. The molecule has 1 unspecified atom stereocenters. The molecule has 0 saturated carbocycles. The van der Waals surface area contributed by atoms with E-state index in [1.807, 2.05) is 11.6 Å². The SMILES string of the molecule is CC(=O)O.Cn1c(SCc2nc(C(N)=O)no2)nnc1C1CCCNC1.